The molecule has 0 saturated heterocycles. The first-order valence-electron chi connectivity index (χ1n) is 9.17. The maximum absolute atomic E-state index is 11.2. The molecule has 0 saturated carbocycles. The van der Waals surface area contributed by atoms with Gasteiger partial charge in [0.25, 0.3) is 0 Å². The molecule has 144 valence electrons. The Morgan fingerprint density at radius 3 is 2.70 bits per heavy atom. The zero-order valence-corrected chi connectivity index (χ0v) is 17.0. The van der Waals surface area contributed by atoms with Gasteiger partial charge in [0.1, 0.15) is 0 Å². The van der Waals surface area contributed by atoms with Crippen molar-refractivity contribution in [2.24, 2.45) is 0 Å². The summed E-state index contributed by atoms with van der Waals surface area (Å²) in [5.41, 5.74) is 2.43. The van der Waals surface area contributed by atoms with Crippen molar-refractivity contribution in [3.05, 3.63) is 48.0 Å². The van der Waals surface area contributed by atoms with Crippen LogP contribution in [0.15, 0.2) is 47.4 Å². The number of nitrogens with one attached hydrogen (secondary N) is 1. The molecule has 2 aromatic carbocycles. The Bertz CT molecular complexity index is 829. The van der Waals surface area contributed by atoms with Gasteiger partial charge in [-0.15, -0.1) is 11.8 Å². The van der Waals surface area contributed by atoms with Crippen molar-refractivity contribution in [3.8, 4) is 0 Å². The van der Waals surface area contributed by atoms with Crippen molar-refractivity contribution >= 4 is 40.0 Å². The van der Waals surface area contributed by atoms with E-state index >= 15 is 0 Å². The van der Waals surface area contributed by atoms with Gasteiger partial charge in [-0.3, -0.25) is 9.59 Å². The highest BCUT2D eigenvalue weighted by atomic mass is 32.2. The summed E-state index contributed by atoms with van der Waals surface area (Å²) in [6.45, 7) is 4.21. The number of fused-ring (bicyclic) bond motifs is 1. The molecule has 0 aliphatic carbocycles. The van der Waals surface area contributed by atoms with Crippen LogP contribution in [0.3, 0.4) is 0 Å². The highest BCUT2D eigenvalue weighted by Crippen LogP contribution is 2.31. The van der Waals surface area contributed by atoms with Crippen LogP contribution in [-0.2, 0) is 14.3 Å². The third kappa shape index (κ3) is 6.43. The van der Waals surface area contributed by atoms with E-state index in [2.05, 4.69) is 52.5 Å². The number of carbonyl (C=O) groups excluding carboxylic acids is 2. The largest absolute Gasteiger partial charge is 0.469 e. The summed E-state index contributed by atoms with van der Waals surface area (Å²) in [5.74, 6) is 0.712. The summed E-state index contributed by atoms with van der Waals surface area (Å²) in [6.07, 6.45) is 4.17. The number of methoxy groups -OCH3 is 1. The summed E-state index contributed by atoms with van der Waals surface area (Å²) in [5, 5.41) is 5.28. The molecule has 0 spiro atoms. The number of esters is 1. The molecule has 0 bridgehead atoms. The Balaban J connectivity index is 2.14. The summed E-state index contributed by atoms with van der Waals surface area (Å²) in [7, 11) is 1.42. The smallest absolute Gasteiger partial charge is 0.305 e. The maximum atomic E-state index is 11.2. The van der Waals surface area contributed by atoms with Crippen LogP contribution in [0.4, 0.5) is 0 Å². The zero-order valence-electron chi connectivity index (χ0n) is 16.2. The third-order valence-corrected chi connectivity index (χ3v) is 5.42. The summed E-state index contributed by atoms with van der Waals surface area (Å²) in [6, 6.07) is 12.8. The van der Waals surface area contributed by atoms with Crippen molar-refractivity contribution in [3.63, 3.8) is 0 Å². The van der Waals surface area contributed by atoms with Gasteiger partial charge >= 0.3 is 5.97 Å². The van der Waals surface area contributed by atoms with E-state index in [4.69, 9.17) is 0 Å². The van der Waals surface area contributed by atoms with Gasteiger partial charge in [0, 0.05) is 24.8 Å². The first-order chi connectivity index (χ1) is 13.0. The van der Waals surface area contributed by atoms with Crippen LogP contribution in [0.1, 0.15) is 38.7 Å². The molecule has 0 aromatic heterocycles. The van der Waals surface area contributed by atoms with Gasteiger partial charge in [-0.1, -0.05) is 30.3 Å². The minimum Gasteiger partial charge on any atom is -0.469 e. The van der Waals surface area contributed by atoms with Crippen LogP contribution >= 0.6 is 11.8 Å². The van der Waals surface area contributed by atoms with E-state index in [1.807, 2.05) is 6.92 Å². The Morgan fingerprint density at radius 2 is 2.00 bits per heavy atom. The van der Waals surface area contributed by atoms with E-state index < -0.39 is 0 Å². The molecule has 27 heavy (non-hydrogen) atoms. The first-order valence-corrected chi connectivity index (χ1v) is 10.2. The highest BCUT2D eigenvalue weighted by molar-refractivity contribution is 7.99. The van der Waals surface area contributed by atoms with Gasteiger partial charge in [0.05, 0.1) is 7.11 Å². The second-order valence-corrected chi connectivity index (χ2v) is 7.43. The van der Waals surface area contributed by atoms with Gasteiger partial charge in [-0.2, -0.15) is 0 Å². The number of ether oxygens (including phenoxy) is 1. The van der Waals surface area contributed by atoms with Crippen molar-refractivity contribution in [2.45, 2.75) is 38.0 Å². The van der Waals surface area contributed by atoms with Crippen LogP contribution in [0.25, 0.3) is 16.3 Å². The highest BCUT2D eigenvalue weighted by Gasteiger charge is 2.08. The molecule has 2 aromatic rings. The van der Waals surface area contributed by atoms with E-state index in [9.17, 15) is 9.59 Å². The number of hydrogen-bond donors (Lipinski definition) is 1. The molecule has 0 aliphatic heterocycles. The summed E-state index contributed by atoms with van der Waals surface area (Å²) < 4.78 is 4.68. The van der Waals surface area contributed by atoms with Gasteiger partial charge < -0.3 is 10.1 Å². The Kier molecular flexibility index (Phi) is 8.40. The molecule has 4 nitrogen and oxygen atoms in total. The number of rotatable bonds is 9. The fraction of sp³-hybridized carbons (Fsp3) is 0.364. The van der Waals surface area contributed by atoms with Crippen LogP contribution in [0, 0.1) is 0 Å². The lowest BCUT2D eigenvalue weighted by atomic mass is 9.96. The Hall–Kier alpha value is -2.27. The molecule has 5 heteroatoms. The lowest BCUT2D eigenvalue weighted by Gasteiger charge is -2.12. The standard InChI is InChI=1S/C22H27NO3S/c1-4-17(12-13-23-16(2)24)20-8-5-7-18-10-11-19(15-21(18)20)27-14-6-9-22(25)26-3/h4-5,7-8,10-11,15H,6,9,12-14H2,1-3H3,(H,23,24)/b17-4-. The number of amides is 1. The van der Waals surface area contributed by atoms with Gasteiger partial charge in [-0.05, 0) is 59.6 Å². The van der Waals surface area contributed by atoms with Crippen molar-refractivity contribution in [1.29, 1.82) is 0 Å². The number of hydrogen-bond acceptors (Lipinski definition) is 4. The lowest BCUT2D eigenvalue weighted by Crippen LogP contribution is -2.21. The van der Waals surface area contributed by atoms with Crippen molar-refractivity contribution in [1.82, 2.24) is 5.32 Å². The average Bonchev–Trinajstić information content (AvgIpc) is 2.67. The fourth-order valence-corrected chi connectivity index (χ4v) is 3.83. The van der Waals surface area contributed by atoms with Crippen LogP contribution in [0.5, 0.6) is 0 Å². The molecule has 0 unspecified atom stereocenters. The minimum absolute atomic E-state index is 0.00554. The number of benzene rings is 2. The minimum atomic E-state index is -0.159. The second-order valence-electron chi connectivity index (χ2n) is 6.26. The summed E-state index contributed by atoms with van der Waals surface area (Å²) in [4.78, 5) is 23.5. The van der Waals surface area contributed by atoms with Gasteiger partial charge in [0.2, 0.25) is 5.91 Å². The van der Waals surface area contributed by atoms with E-state index in [-0.39, 0.29) is 11.9 Å². The predicted molar refractivity (Wildman–Crippen MR) is 113 cm³/mol. The van der Waals surface area contributed by atoms with E-state index in [1.54, 1.807) is 11.8 Å². The SMILES string of the molecule is C/C=C(/CCNC(C)=O)c1cccc2ccc(SCCCC(=O)OC)cc12. The molecule has 0 radical (unpaired) electrons. The third-order valence-electron chi connectivity index (χ3n) is 4.34. The molecular formula is C22H27NO3S. The average molecular weight is 386 g/mol. The number of thioether (sulfide) groups is 1. The molecule has 0 fully saturated rings. The predicted octanol–water partition coefficient (Wildman–Crippen LogP) is 4.81. The molecule has 1 amide bonds. The van der Waals surface area contributed by atoms with Crippen molar-refractivity contribution < 1.29 is 14.3 Å². The molecule has 0 heterocycles. The van der Waals surface area contributed by atoms with Crippen LogP contribution < -0.4 is 5.32 Å². The topological polar surface area (TPSA) is 55.4 Å². The zero-order chi connectivity index (χ0) is 19.6. The first kappa shape index (κ1) is 21.0. The van der Waals surface area contributed by atoms with Crippen molar-refractivity contribution in [2.75, 3.05) is 19.4 Å². The quantitative estimate of drug-likeness (QED) is 0.382. The second kappa shape index (κ2) is 10.8. The fourth-order valence-electron chi connectivity index (χ4n) is 2.94. The molecule has 2 rings (SSSR count). The van der Waals surface area contributed by atoms with Gasteiger partial charge in [-0.25, -0.2) is 0 Å². The molecular weight excluding hydrogens is 358 g/mol. The maximum Gasteiger partial charge on any atom is 0.305 e. The Labute approximate surface area is 165 Å². The molecule has 0 aliphatic rings. The van der Waals surface area contributed by atoms with E-state index in [0.717, 1.165) is 18.6 Å². The van der Waals surface area contributed by atoms with Crippen LogP contribution in [-0.4, -0.2) is 31.3 Å². The Morgan fingerprint density at radius 1 is 1.19 bits per heavy atom. The molecule has 1 N–H and O–H groups in total. The van der Waals surface area contributed by atoms with Gasteiger partial charge in [0.15, 0.2) is 0 Å². The molecule has 0 atom stereocenters. The number of allylic oxidation sites excluding steroid dienone is 1. The normalized spacial score (nSPS) is 11.4. The van der Waals surface area contributed by atoms with E-state index in [0.29, 0.717) is 13.0 Å². The monoisotopic (exact) mass is 385 g/mol. The summed E-state index contributed by atoms with van der Waals surface area (Å²) >= 11 is 1.75. The van der Waals surface area contributed by atoms with E-state index in [1.165, 1.54) is 40.8 Å². The number of carbonyl (C=O) groups is 2. The lowest BCUT2D eigenvalue weighted by molar-refractivity contribution is -0.140. The van der Waals surface area contributed by atoms with Crippen LogP contribution in [0.2, 0.25) is 0 Å².